The van der Waals surface area contributed by atoms with Crippen LogP contribution in [0.5, 0.6) is 0 Å². The Kier molecular flexibility index (Phi) is 5.08. The Labute approximate surface area is 135 Å². The minimum atomic E-state index is 0.0681. The maximum atomic E-state index is 13.1. The molecule has 1 aromatic rings. The molecule has 0 N–H and O–H groups in total. The minimum Gasteiger partial charge on any atom is -0.376 e. The highest BCUT2D eigenvalue weighted by Crippen LogP contribution is 2.27. The van der Waals surface area contributed by atoms with Gasteiger partial charge in [-0.2, -0.15) is 11.8 Å². The average Bonchev–Trinajstić information content (AvgIpc) is 3.25. The van der Waals surface area contributed by atoms with Crippen LogP contribution < -0.4 is 0 Å². The molecule has 3 heterocycles. The van der Waals surface area contributed by atoms with Gasteiger partial charge in [-0.3, -0.25) is 4.79 Å². The Morgan fingerprint density at radius 3 is 2.95 bits per heavy atom. The molecular formula is C16H24N2O3S. The van der Waals surface area contributed by atoms with E-state index in [0.717, 1.165) is 43.1 Å². The SMILES string of the molecule is CCc1noc(C)c1C(=O)N(C[C@H]1CCCO1)[C@@H]1CCSC1. The molecule has 2 aliphatic heterocycles. The van der Waals surface area contributed by atoms with E-state index in [-0.39, 0.29) is 12.0 Å². The second kappa shape index (κ2) is 7.04. The van der Waals surface area contributed by atoms with Gasteiger partial charge in [0, 0.05) is 24.9 Å². The lowest BCUT2D eigenvalue weighted by Crippen LogP contribution is -2.45. The predicted molar refractivity (Wildman–Crippen MR) is 86.4 cm³/mol. The molecule has 22 heavy (non-hydrogen) atoms. The molecule has 2 fully saturated rings. The molecule has 122 valence electrons. The molecule has 0 aliphatic carbocycles. The Morgan fingerprint density at radius 1 is 1.45 bits per heavy atom. The normalized spacial score (nSPS) is 24.8. The number of amides is 1. The van der Waals surface area contributed by atoms with Crippen molar-refractivity contribution >= 4 is 17.7 Å². The van der Waals surface area contributed by atoms with Gasteiger partial charge in [0.05, 0.1) is 11.8 Å². The van der Waals surface area contributed by atoms with Crippen LogP contribution in [0.15, 0.2) is 4.52 Å². The summed E-state index contributed by atoms with van der Waals surface area (Å²) in [5.41, 5.74) is 1.43. The van der Waals surface area contributed by atoms with Gasteiger partial charge in [-0.25, -0.2) is 0 Å². The highest BCUT2D eigenvalue weighted by atomic mass is 32.2. The number of aromatic nitrogens is 1. The van der Waals surface area contributed by atoms with E-state index in [1.807, 2.05) is 30.5 Å². The summed E-state index contributed by atoms with van der Waals surface area (Å²) in [7, 11) is 0. The predicted octanol–water partition coefficient (Wildman–Crippen LogP) is 2.67. The van der Waals surface area contributed by atoms with Gasteiger partial charge in [-0.15, -0.1) is 0 Å². The molecule has 1 aromatic heterocycles. The second-order valence-electron chi connectivity index (χ2n) is 6.02. The third kappa shape index (κ3) is 3.18. The molecule has 0 bridgehead atoms. The average molecular weight is 324 g/mol. The number of aryl methyl sites for hydroxylation is 2. The largest absolute Gasteiger partial charge is 0.376 e. The number of hydrogen-bond donors (Lipinski definition) is 0. The van der Waals surface area contributed by atoms with Crippen LogP contribution in [-0.4, -0.2) is 52.8 Å². The van der Waals surface area contributed by atoms with E-state index in [1.165, 1.54) is 0 Å². The number of ether oxygens (including phenoxy) is 1. The van der Waals surface area contributed by atoms with Crippen LogP contribution in [0.2, 0.25) is 0 Å². The Balaban J connectivity index is 1.83. The fourth-order valence-electron chi connectivity index (χ4n) is 3.25. The first-order chi connectivity index (χ1) is 10.7. The van der Waals surface area contributed by atoms with Gasteiger partial charge < -0.3 is 14.2 Å². The number of nitrogens with zero attached hydrogens (tertiary/aromatic N) is 2. The molecule has 0 unspecified atom stereocenters. The summed E-state index contributed by atoms with van der Waals surface area (Å²) in [5, 5.41) is 4.04. The Hall–Kier alpha value is -1.01. The van der Waals surface area contributed by atoms with Gasteiger partial charge >= 0.3 is 0 Å². The van der Waals surface area contributed by atoms with Crippen molar-refractivity contribution in [1.82, 2.24) is 10.1 Å². The van der Waals surface area contributed by atoms with Gasteiger partial charge in [0.1, 0.15) is 11.3 Å². The van der Waals surface area contributed by atoms with E-state index in [9.17, 15) is 4.79 Å². The van der Waals surface area contributed by atoms with E-state index in [4.69, 9.17) is 9.26 Å². The zero-order valence-corrected chi connectivity index (χ0v) is 14.2. The van der Waals surface area contributed by atoms with Crippen molar-refractivity contribution in [1.29, 1.82) is 0 Å². The van der Waals surface area contributed by atoms with Gasteiger partial charge in [-0.1, -0.05) is 12.1 Å². The van der Waals surface area contributed by atoms with Crippen LogP contribution in [0.1, 0.15) is 48.0 Å². The van der Waals surface area contributed by atoms with Crippen LogP contribution in [0.25, 0.3) is 0 Å². The quantitative estimate of drug-likeness (QED) is 0.833. The Morgan fingerprint density at radius 2 is 2.32 bits per heavy atom. The Bertz CT molecular complexity index is 519. The maximum absolute atomic E-state index is 13.1. The van der Waals surface area contributed by atoms with E-state index in [2.05, 4.69) is 5.16 Å². The smallest absolute Gasteiger partial charge is 0.259 e. The number of carbonyl (C=O) groups excluding carboxylic acids is 1. The molecule has 0 radical (unpaired) electrons. The molecule has 3 rings (SSSR count). The zero-order valence-electron chi connectivity index (χ0n) is 13.3. The van der Waals surface area contributed by atoms with Crippen LogP contribution in [0, 0.1) is 6.92 Å². The number of thioether (sulfide) groups is 1. The number of hydrogen-bond acceptors (Lipinski definition) is 5. The van der Waals surface area contributed by atoms with Crippen LogP contribution >= 0.6 is 11.8 Å². The topological polar surface area (TPSA) is 55.6 Å². The molecular weight excluding hydrogens is 300 g/mol. The van der Waals surface area contributed by atoms with Crippen LogP contribution in [0.3, 0.4) is 0 Å². The lowest BCUT2D eigenvalue weighted by Gasteiger charge is -2.30. The molecule has 1 amide bonds. The van der Waals surface area contributed by atoms with Gasteiger partial charge in [0.15, 0.2) is 0 Å². The molecule has 0 aromatic carbocycles. The fourth-order valence-corrected chi connectivity index (χ4v) is 4.47. The monoisotopic (exact) mass is 324 g/mol. The van der Waals surface area contributed by atoms with Crippen molar-refractivity contribution in [2.24, 2.45) is 0 Å². The van der Waals surface area contributed by atoms with Crippen molar-refractivity contribution in [3.8, 4) is 0 Å². The summed E-state index contributed by atoms with van der Waals surface area (Å²) in [6.07, 6.45) is 4.10. The third-order valence-electron chi connectivity index (χ3n) is 4.51. The van der Waals surface area contributed by atoms with Crippen molar-refractivity contribution < 1.29 is 14.1 Å². The summed E-state index contributed by atoms with van der Waals surface area (Å²) >= 11 is 1.92. The summed E-state index contributed by atoms with van der Waals surface area (Å²) in [4.78, 5) is 15.2. The van der Waals surface area contributed by atoms with Crippen molar-refractivity contribution in [2.75, 3.05) is 24.7 Å². The van der Waals surface area contributed by atoms with Crippen molar-refractivity contribution in [3.63, 3.8) is 0 Å². The number of rotatable bonds is 5. The minimum absolute atomic E-state index is 0.0681. The van der Waals surface area contributed by atoms with Crippen molar-refractivity contribution in [2.45, 2.75) is 51.7 Å². The first kappa shape index (κ1) is 15.9. The fraction of sp³-hybridized carbons (Fsp3) is 0.750. The van der Waals surface area contributed by atoms with Gasteiger partial charge in [0.25, 0.3) is 5.91 Å². The van der Waals surface area contributed by atoms with E-state index >= 15 is 0 Å². The van der Waals surface area contributed by atoms with Crippen LogP contribution in [0.4, 0.5) is 0 Å². The molecule has 6 heteroatoms. The molecule has 2 atom stereocenters. The summed E-state index contributed by atoms with van der Waals surface area (Å²) in [6, 6.07) is 0.306. The summed E-state index contributed by atoms with van der Waals surface area (Å²) in [6.45, 7) is 5.34. The lowest BCUT2D eigenvalue weighted by atomic mass is 10.1. The molecule has 5 nitrogen and oxygen atoms in total. The molecule has 0 spiro atoms. The van der Waals surface area contributed by atoms with E-state index in [0.29, 0.717) is 30.3 Å². The maximum Gasteiger partial charge on any atom is 0.259 e. The third-order valence-corrected chi connectivity index (χ3v) is 5.66. The molecule has 2 saturated heterocycles. The van der Waals surface area contributed by atoms with Gasteiger partial charge in [-0.05, 0) is 38.4 Å². The first-order valence-electron chi connectivity index (χ1n) is 8.16. The zero-order chi connectivity index (χ0) is 15.5. The van der Waals surface area contributed by atoms with Crippen molar-refractivity contribution in [3.05, 3.63) is 17.0 Å². The lowest BCUT2D eigenvalue weighted by molar-refractivity contribution is 0.0439. The summed E-state index contributed by atoms with van der Waals surface area (Å²) in [5.74, 6) is 2.84. The van der Waals surface area contributed by atoms with E-state index < -0.39 is 0 Å². The van der Waals surface area contributed by atoms with Crippen LogP contribution in [-0.2, 0) is 11.2 Å². The second-order valence-corrected chi connectivity index (χ2v) is 7.17. The summed E-state index contributed by atoms with van der Waals surface area (Å²) < 4.78 is 11.0. The first-order valence-corrected chi connectivity index (χ1v) is 9.31. The molecule has 2 aliphatic rings. The van der Waals surface area contributed by atoms with Gasteiger partial charge in [0.2, 0.25) is 0 Å². The highest BCUT2D eigenvalue weighted by Gasteiger charge is 2.33. The standard InChI is InChI=1S/C16H24N2O3S/c1-3-14-15(11(2)21-17-14)16(19)18(12-6-8-22-10-12)9-13-5-4-7-20-13/h12-13H,3-10H2,1-2H3/t12-,13-/m1/s1. The number of carbonyl (C=O) groups is 1. The highest BCUT2D eigenvalue weighted by molar-refractivity contribution is 7.99. The van der Waals surface area contributed by atoms with E-state index in [1.54, 1.807) is 0 Å². The molecule has 0 saturated carbocycles.